The van der Waals surface area contributed by atoms with Gasteiger partial charge in [0.05, 0.1) is 5.60 Å². The molecule has 2 saturated heterocycles. The summed E-state index contributed by atoms with van der Waals surface area (Å²) in [5, 5.41) is 0. The fourth-order valence-electron chi connectivity index (χ4n) is 3.23. The molecule has 0 aromatic rings. The van der Waals surface area contributed by atoms with Crippen molar-refractivity contribution < 1.29 is 14.0 Å². The van der Waals surface area contributed by atoms with Crippen LogP contribution in [0.5, 0.6) is 0 Å². The molecule has 0 N–H and O–H groups in total. The zero-order valence-corrected chi connectivity index (χ0v) is 13.2. The lowest BCUT2D eigenvalue weighted by molar-refractivity contribution is -0.148. The van der Waals surface area contributed by atoms with Crippen molar-refractivity contribution in [2.24, 2.45) is 5.92 Å². The lowest BCUT2D eigenvalue weighted by Crippen LogP contribution is -2.50. The molecule has 3 aliphatic heterocycles. The molecule has 5 heteroatoms. The van der Waals surface area contributed by atoms with E-state index in [2.05, 4.69) is 26.6 Å². The van der Waals surface area contributed by atoms with Crippen molar-refractivity contribution >= 4 is 25.9 Å². The number of Topliss-reactive ketones (excluding diaryl/α,β-unsaturated/α-hetero) is 1. The first-order chi connectivity index (χ1) is 8.24. The quantitative estimate of drug-likeness (QED) is 0.730. The van der Waals surface area contributed by atoms with Gasteiger partial charge < -0.3 is 9.16 Å². The third-order valence-corrected chi connectivity index (χ3v) is 5.93. The summed E-state index contributed by atoms with van der Waals surface area (Å²) in [6.07, 6.45) is 2.88. The standard InChI is InChI=1S/C13H20O3SSi/c1-12-5-9-7-17-8-13(9,16-12)11(14)10(6-12)15-18(2,3)4/h6,9H,5,7-8H2,1-4H3/t9-,12+,13-/m1/s1. The summed E-state index contributed by atoms with van der Waals surface area (Å²) in [5.74, 6) is 2.86. The summed E-state index contributed by atoms with van der Waals surface area (Å²) in [6.45, 7) is 8.41. The van der Waals surface area contributed by atoms with E-state index in [0.717, 1.165) is 17.9 Å². The number of ether oxygens (including phenoxy) is 1. The third kappa shape index (κ3) is 1.79. The first-order valence-corrected chi connectivity index (χ1v) is 11.1. The normalized spacial score (nSPS) is 42.8. The highest BCUT2D eigenvalue weighted by atomic mass is 32.2. The first kappa shape index (κ1) is 12.8. The molecular formula is C13H20O3SSi. The van der Waals surface area contributed by atoms with Crippen LogP contribution in [-0.4, -0.2) is 36.8 Å². The lowest BCUT2D eigenvalue weighted by atomic mass is 9.86. The second kappa shape index (κ2) is 3.64. The van der Waals surface area contributed by atoms with Crippen LogP contribution in [0.2, 0.25) is 19.6 Å². The van der Waals surface area contributed by atoms with E-state index in [-0.39, 0.29) is 11.4 Å². The zero-order valence-electron chi connectivity index (χ0n) is 11.4. The molecular weight excluding hydrogens is 264 g/mol. The summed E-state index contributed by atoms with van der Waals surface area (Å²) in [5.41, 5.74) is -0.877. The topological polar surface area (TPSA) is 35.5 Å². The maximum Gasteiger partial charge on any atom is 0.242 e. The molecule has 3 aliphatic rings. The van der Waals surface area contributed by atoms with Gasteiger partial charge in [0.25, 0.3) is 0 Å². The van der Waals surface area contributed by atoms with Crippen molar-refractivity contribution in [3.8, 4) is 0 Å². The molecule has 3 heterocycles. The summed E-state index contributed by atoms with van der Waals surface area (Å²) >= 11 is 1.83. The van der Waals surface area contributed by atoms with E-state index in [1.165, 1.54) is 0 Å². The molecule has 3 rings (SSSR count). The minimum absolute atomic E-state index is 0.0925. The number of carbonyl (C=O) groups excluding carboxylic acids is 1. The Balaban J connectivity index is 1.99. The van der Waals surface area contributed by atoms with Gasteiger partial charge in [0.1, 0.15) is 11.4 Å². The van der Waals surface area contributed by atoms with Crippen molar-refractivity contribution in [1.82, 2.24) is 0 Å². The van der Waals surface area contributed by atoms with Crippen LogP contribution in [0.3, 0.4) is 0 Å². The number of hydrogen-bond donors (Lipinski definition) is 0. The monoisotopic (exact) mass is 284 g/mol. The summed E-state index contributed by atoms with van der Waals surface area (Å²) in [7, 11) is -1.75. The van der Waals surface area contributed by atoms with Crippen LogP contribution in [0.1, 0.15) is 13.3 Å². The minimum Gasteiger partial charge on any atom is -0.542 e. The number of fused-ring (bicyclic) bond motifs is 1. The van der Waals surface area contributed by atoms with Gasteiger partial charge in [-0.25, -0.2) is 0 Å². The number of rotatable bonds is 2. The second-order valence-electron chi connectivity index (χ2n) is 6.77. The van der Waals surface area contributed by atoms with Gasteiger partial charge in [0.2, 0.25) is 14.1 Å². The largest absolute Gasteiger partial charge is 0.542 e. The predicted molar refractivity (Wildman–Crippen MR) is 75.2 cm³/mol. The summed E-state index contributed by atoms with van der Waals surface area (Å²) < 4.78 is 12.1. The molecule has 0 amide bonds. The second-order valence-corrected chi connectivity index (χ2v) is 12.2. The Morgan fingerprint density at radius 3 is 2.89 bits per heavy atom. The predicted octanol–water partition coefficient (Wildman–Crippen LogP) is 2.59. The molecule has 0 aromatic heterocycles. The van der Waals surface area contributed by atoms with Crippen molar-refractivity contribution in [2.45, 2.75) is 44.2 Å². The highest BCUT2D eigenvalue weighted by Gasteiger charge is 2.64. The molecule has 2 bridgehead atoms. The Kier molecular flexibility index (Phi) is 2.58. The molecule has 0 unspecified atom stereocenters. The average Bonchev–Trinajstić information content (AvgIpc) is 2.64. The SMILES string of the molecule is C[C@@]12C=C(O[Si](C)(C)C)C(=O)[C@]3(CSC[C@H]3C1)O2. The van der Waals surface area contributed by atoms with Crippen molar-refractivity contribution in [2.75, 3.05) is 11.5 Å². The Morgan fingerprint density at radius 2 is 2.22 bits per heavy atom. The van der Waals surface area contributed by atoms with E-state index in [0.29, 0.717) is 11.7 Å². The van der Waals surface area contributed by atoms with Gasteiger partial charge in [-0.1, -0.05) is 0 Å². The Hall–Kier alpha value is -0.263. The molecule has 0 radical (unpaired) electrons. The fraction of sp³-hybridized carbons (Fsp3) is 0.769. The first-order valence-electron chi connectivity index (χ1n) is 6.49. The smallest absolute Gasteiger partial charge is 0.242 e. The maximum atomic E-state index is 12.7. The van der Waals surface area contributed by atoms with Gasteiger partial charge in [-0.15, -0.1) is 0 Å². The van der Waals surface area contributed by atoms with E-state index < -0.39 is 13.9 Å². The van der Waals surface area contributed by atoms with E-state index in [1.54, 1.807) is 0 Å². The molecule has 0 saturated carbocycles. The Labute approximate surface area is 113 Å². The summed E-state index contributed by atoms with van der Waals surface area (Å²) in [6, 6.07) is 0. The van der Waals surface area contributed by atoms with Crippen molar-refractivity contribution in [1.29, 1.82) is 0 Å². The van der Waals surface area contributed by atoms with Crippen molar-refractivity contribution in [3.05, 3.63) is 11.8 Å². The van der Waals surface area contributed by atoms with Crippen molar-refractivity contribution in [3.63, 3.8) is 0 Å². The fourth-order valence-corrected chi connectivity index (χ4v) is 5.56. The highest BCUT2D eigenvalue weighted by molar-refractivity contribution is 7.99. The Bertz CT molecular complexity index is 442. The zero-order chi connectivity index (χ0) is 13.2. The van der Waals surface area contributed by atoms with Gasteiger partial charge in [-0.3, -0.25) is 4.79 Å². The molecule has 1 spiro atoms. The highest BCUT2D eigenvalue weighted by Crippen LogP contribution is 2.54. The van der Waals surface area contributed by atoms with E-state index >= 15 is 0 Å². The van der Waals surface area contributed by atoms with Crippen LogP contribution < -0.4 is 0 Å². The van der Waals surface area contributed by atoms with Crippen LogP contribution in [0.25, 0.3) is 0 Å². The van der Waals surface area contributed by atoms with E-state index in [4.69, 9.17) is 9.16 Å². The number of thioether (sulfide) groups is 1. The minimum atomic E-state index is -1.75. The van der Waals surface area contributed by atoms with Gasteiger partial charge in [-0.2, -0.15) is 11.8 Å². The van der Waals surface area contributed by atoms with Crippen LogP contribution in [0.4, 0.5) is 0 Å². The van der Waals surface area contributed by atoms with Gasteiger partial charge in [0, 0.05) is 11.7 Å². The average molecular weight is 284 g/mol. The number of ketones is 1. The molecule has 100 valence electrons. The molecule has 18 heavy (non-hydrogen) atoms. The third-order valence-electron chi connectivity index (χ3n) is 3.82. The van der Waals surface area contributed by atoms with Crippen LogP contribution in [-0.2, 0) is 14.0 Å². The molecule has 2 fully saturated rings. The van der Waals surface area contributed by atoms with E-state index in [1.807, 2.05) is 17.8 Å². The molecule has 0 aromatic carbocycles. The molecule has 3 nitrogen and oxygen atoms in total. The van der Waals surface area contributed by atoms with Crippen LogP contribution in [0, 0.1) is 5.92 Å². The number of hydrogen-bond acceptors (Lipinski definition) is 4. The lowest BCUT2D eigenvalue weighted by Gasteiger charge is -2.36. The van der Waals surface area contributed by atoms with Crippen LogP contribution in [0.15, 0.2) is 11.8 Å². The summed E-state index contributed by atoms with van der Waals surface area (Å²) in [4.78, 5) is 12.7. The molecule has 0 aliphatic carbocycles. The Morgan fingerprint density at radius 1 is 1.50 bits per heavy atom. The molecule has 3 atom stereocenters. The van der Waals surface area contributed by atoms with Gasteiger partial charge in [0.15, 0.2) is 0 Å². The maximum absolute atomic E-state index is 12.7. The van der Waals surface area contributed by atoms with E-state index in [9.17, 15) is 4.79 Å². The van der Waals surface area contributed by atoms with Crippen LogP contribution >= 0.6 is 11.8 Å². The number of carbonyl (C=O) groups is 1. The van der Waals surface area contributed by atoms with Gasteiger partial charge in [-0.05, 0) is 44.8 Å². The van der Waals surface area contributed by atoms with Gasteiger partial charge >= 0.3 is 0 Å².